The maximum Gasteiger partial charge on any atom is 0.294 e. The average Bonchev–Trinajstić information content (AvgIpc) is 2.87. The van der Waals surface area contributed by atoms with E-state index in [-0.39, 0.29) is 35.0 Å². The maximum absolute atomic E-state index is 12.6. The number of imide groups is 1. The number of carbonyl (C=O) groups excluding carboxylic acids is 2. The number of methoxy groups -OCH3 is 1. The summed E-state index contributed by atoms with van der Waals surface area (Å²) in [5.74, 6) is -1.02. The van der Waals surface area contributed by atoms with Crippen molar-refractivity contribution in [3.8, 4) is 0 Å². The number of carbonyl (C=O) groups is 2. The highest BCUT2D eigenvalue weighted by atomic mass is 16.6. The number of nitrogens with one attached hydrogen (secondary N) is 1. The van der Waals surface area contributed by atoms with E-state index in [1.807, 2.05) is 0 Å². The fourth-order valence-corrected chi connectivity index (χ4v) is 3.66. The topological polar surface area (TPSA) is 102 Å². The van der Waals surface area contributed by atoms with Crippen LogP contribution in [-0.2, 0) is 14.3 Å². The summed E-state index contributed by atoms with van der Waals surface area (Å²) < 4.78 is 4.92. The van der Waals surface area contributed by atoms with Crippen LogP contribution in [-0.4, -0.2) is 37.0 Å². The van der Waals surface area contributed by atoms with E-state index in [0.717, 1.165) is 17.7 Å². The van der Waals surface area contributed by atoms with Crippen molar-refractivity contribution in [3.05, 3.63) is 28.3 Å². The minimum absolute atomic E-state index is 0.163. The van der Waals surface area contributed by atoms with Crippen LogP contribution < -0.4 is 10.2 Å². The molecule has 1 heterocycles. The van der Waals surface area contributed by atoms with Gasteiger partial charge in [-0.1, -0.05) is 12.8 Å². The number of hydrogen-bond acceptors (Lipinski definition) is 6. The Balaban J connectivity index is 1.89. The van der Waals surface area contributed by atoms with Crippen LogP contribution in [0.25, 0.3) is 0 Å². The molecule has 0 radical (unpaired) electrons. The van der Waals surface area contributed by atoms with Gasteiger partial charge < -0.3 is 10.1 Å². The predicted octanol–water partition coefficient (Wildman–Crippen LogP) is 2.33. The molecule has 1 saturated carbocycles. The normalized spacial score (nSPS) is 22.8. The molecule has 2 amide bonds. The molecule has 0 spiro atoms. The number of fused-ring (bicyclic) bond motifs is 1. The van der Waals surface area contributed by atoms with Crippen LogP contribution in [0.4, 0.5) is 17.1 Å². The van der Waals surface area contributed by atoms with Gasteiger partial charge in [-0.05, 0) is 25.0 Å². The molecule has 8 heteroatoms. The zero-order valence-electron chi connectivity index (χ0n) is 14.1. The van der Waals surface area contributed by atoms with Crippen molar-refractivity contribution in [1.29, 1.82) is 0 Å². The van der Waals surface area contributed by atoms with Gasteiger partial charge in [0.2, 0.25) is 11.8 Å². The highest BCUT2D eigenvalue weighted by Crippen LogP contribution is 2.41. The predicted molar refractivity (Wildman–Crippen MR) is 91.4 cm³/mol. The molecule has 8 nitrogen and oxygen atoms in total. The van der Waals surface area contributed by atoms with Gasteiger partial charge in [0, 0.05) is 19.7 Å². The number of hydrogen-bond donors (Lipinski definition) is 1. The summed E-state index contributed by atoms with van der Waals surface area (Å²) in [5.41, 5.74) is 0.444. The molecule has 1 N–H and O–H groups in total. The van der Waals surface area contributed by atoms with Crippen LogP contribution in [0.1, 0.15) is 25.7 Å². The molecule has 1 aliphatic heterocycles. The number of amides is 2. The van der Waals surface area contributed by atoms with Gasteiger partial charge in [-0.3, -0.25) is 19.7 Å². The Morgan fingerprint density at radius 3 is 2.44 bits per heavy atom. The summed E-state index contributed by atoms with van der Waals surface area (Å²) in [4.78, 5) is 37.3. The van der Waals surface area contributed by atoms with E-state index in [1.54, 1.807) is 13.2 Å². The molecule has 1 aliphatic carbocycles. The first-order valence-corrected chi connectivity index (χ1v) is 8.43. The molecule has 2 aliphatic rings. The largest absolute Gasteiger partial charge is 0.383 e. The summed E-state index contributed by atoms with van der Waals surface area (Å²) >= 11 is 0. The van der Waals surface area contributed by atoms with Crippen molar-refractivity contribution >= 4 is 28.9 Å². The number of rotatable bonds is 6. The van der Waals surface area contributed by atoms with E-state index in [2.05, 4.69) is 5.32 Å². The summed E-state index contributed by atoms with van der Waals surface area (Å²) in [6.07, 6.45) is 3.31. The minimum Gasteiger partial charge on any atom is -0.383 e. The van der Waals surface area contributed by atoms with E-state index in [9.17, 15) is 19.7 Å². The zero-order valence-corrected chi connectivity index (χ0v) is 14.1. The van der Waals surface area contributed by atoms with Crippen LogP contribution in [0.3, 0.4) is 0 Å². The van der Waals surface area contributed by atoms with Crippen molar-refractivity contribution in [2.45, 2.75) is 25.7 Å². The van der Waals surface area contributed by atoms with Crippen molar-refractivity contribution in [2.24, 2.45) is 11.8 Å². The molecule has 3 rings (SSSR count). The van der Waals surface area contributed by atoms with Crippen LogP contribution in [0.15, 0.2) is 18.2 Å². The van der Waals surface area contributed by atoms with Crippen molar-refractivity contribution in [3.63, 3.8) is 0 Å². The molecule has 2 atom stereocenters. The van der Waals surface area contributed by atoms with Crippen LogP contribution in [0.5, 0.6) is 0 Å². The first-order valence-electron chi connectivity index (χ1n) is 8.43. The monoisotopic (exact) mass is 347 g/mol. The summed E-state index contributed by atoms with van der Waals surface area (Å²) in [6, 6.07) is 4.41. The third-order valence-electron chi connectivity index (χ3n) is 4.90. The van der Waals surface area contributed by atoms with E-state index in [1.165, 1.54) is 12.1 Å². The van der Waals surface area contributed by atoms with Crippen molar-refractivity contribution in [2.75, 3.05) is 30.5 Å². The Morgan fingerprint density at radius 1 is 1.24 bits per heavy atom. The lowest BCUT2D eigenvalue weighted by Gasteiger charge is -2.19. The number of nitro groups is 1. The van der Waals surface area contributed by atoms with Crippen LogP contribution in [0, 0.1) is 22.0 Å². The number of nitro benzene ring substituents is 1. The van der Waals surface area contributed by atoms with Crippen LogP contribution >= 0.6 is 0 Å². The van der Waals surface area contributed by atoms with Gasteiger partial charge in [0.1, 0.15) is 5.69 Å². The summed E-state index contributed by atoms with van der Waals surface area (Å²) in [5, 5.41) is 14.3. The van der Waals surface area contributed by atoms with Crippen LogP contribution in [0.2, 0.25) is 0 Å². The third kappa shape index (κ3) is 3.21. The maximum atomic E-state index is 12.6. The van der Waals surface area contributed by atoms with E-state index >= 15 is 0 Å². The minimum atomic E-state index is -0.517. The molecule has 25 heavy (non-hydrogen) atoms. The Kier molecular flexibility index (Phi) is 4.98. The van der Waals surface area contributed by atoms with Gasteiger partial charge in [0.15, 0.2) is 0 Å². The van der Waals surface area contributed by atoms with Gasteiger partial charge >= 0.3 is 0 Å². The molecule has 0 unspecified atom stereocenters. The number of anilines is 2. The molecule has 0 bridgehead atoms. The Bertz CT molecular complexity index is 682. The van der Waals surface area contributed by atoms with E-state index in [4.69, 9.17) is 4.74 Å². The fraction of sp³-hybridized carbons (Fsp3) is 0.529. The lowest BCUT2D eigenvalue weighted by Crippen LogP contribution is -2.30. The Hall–Kier alpha value is -2.48. The first-order chi connectivity index (χ1) is 12.0. The molecular formula is C17H21N3O5. The van der Waals surface area contributed by atoms with Gasteiger partial charge in [-0.15, -0.1) is 0 Å². The molecule has 1 saturated heterocycles. The third-order valence-corrected chi connectivity index (χ3v) is 4.90. The molecule has 134 valence electrons. The van der Waals surface area contributed by atoms with E-state index in [0.29, 0.717) is 31.7 Å². The van der Waals surface area contributed by atoms with Gasteiger partial charge in [0.05, 0.1) is 29.1 Å². The SMILES string of the molecule is COCCNc1ccc(N2C(=O)[C@H]3CCCC[C@H]3C2=O)cc1[N+](=O)[O-]. The second-order valence-electron chi connectivity index (χ2n) is 6.39. The van der Waals surface area contributed by atoms with E-state index < -0.39 is 4.92 Å². The highest BCUT2D eigenvalue weighted by molar-refractivity contribution is 6.22. The molecule has 0 aromatic heterocycles. The number of ether oxygens (including phenoxy) is 1. The van der Waals surface area contributed by atoms with Gasteiger partial charge in [-0.2, -0.15) is 0 Å². The van der Waals surface area contributed by atoms with Crippen molar-refractivity contribution < 1.29 is 19.2 Å². The number of benzene rings is 1. The van der Waals surface area contributed by atoms with Gasteiger partial charge in [-0.25, -0.2) is 4.90 Å². The lowest BCUT2D eigenvalue weighted by atomic mass is 9.81. The lowest BCUT2D eigenvalue weighted by molar-refractivity contribution is -0.383. The molecule has 1 aromatic rings. The zero-order chi connectivity index (χ0) is 18.0. The smallest absolute Gasteiger partial charge is 0.294 e. The second-order valence-corrected chi connectivity index (χ2v) is 6.39. The van der Waals surface area contributed by atoms with Crippen molar-refractivity contribution in [1.82, 2.24) is 0 Å². The average molecular weight is 347 g/mol. The molecule has 2 fully saturated rings. The Labute approximate surface area is 145 Å². The molecular weight excluding hydrogens is 326 g/mol. The summed E-state index contributed by atoms with van der Waals surface area (Å²) in [6.45, 7) is 0.827. The first kappa shape index (κ1) is 17.3. The molecule has 1 aromatic carbocycles. The van der Waals surface area contributed by atoms with Gasteiger partial charge in [0.25, 0.3) is 5.69 Å². The fourth-order valence-electron chi connectivity index (χ4n) is 3.66. The Morgan fingerprint density at radius 2 is 1.88 bits per heavy atom. The second kappa shape index (κ2) is 7.18. The number of nitrogens with zero attached hydrogens (tertiary/aromatic N) is 2. The summed E-state index contributed by atoms with van der Waals surface area (Å²) in [7, 11) is 1.54. The quantitative estimate of drug-likeness (QED) is 0.367. The standard InChI is InChI=1S/C17H21N3O5/c1-25-9-8-18-14-7-6-11(10-15(14)20(23)24)19-16(21)12-4-2-3-5-13(12)17(19)22/h6-7,10,12-13,18H,2-5,8-9H2,1H3/t12-,13+. The highest BCUT2D eigenvalue weighted by Gasteiger charge is 2.48.